The molecule has 0 radical (unpaired) electrons. The van der Waals surface area contributed by atoms with Gasteiger partial charge in [-0.25, -0.2) is 8.78 Å². The third-order valence-corrected chi connectivity index (χ3v) is 6.07. The zero-order valence-corrected chi connectivity index (χ0v) is 20.7. The summed E-state index contributed by atoms with van der Waals surface area (Å²) in [6, 6.07) is 26.0. The van der Waals surface area contributed by atoms with Crippen LogP contribution < -0.4 is 0 Å². The van der Waals surface area contributed by atoms with Gasteiger partial charge in [0.2, 0.25) is 0 Å². The zero-order valence-electron chi connectivity index (χ0n) is 20.7. The molecule has 4 aromatic rings. The Kier molecular flexibility index (Phi) is 8.51. The minimum atomic E-state index is -0.200. The van der Waals surface area contributed by atoms with Crippen LogP contribution in [-0.2, 0) is 12.8 Å². The second-order valence-corrected chi connectivity index (χ2v) is 8.86. The molecule has 2 nitrogen and oxygen atoms in total. The van der Waals surface area contributed by atoms with Crippen molar-refractivity contribution in [3.05, 3.63) is 119 Å². The smallest absolute Gasteiger partial charge is 0.131 e. The number of nitrogens with zero attached hydrogens (tertiary/aromatic N) is 2. The summed E-state index contributed by atoms with van der Waals surface area (Å²) in [5, 5.41) is 8.24. The molecule has 0 aromatic heterocycles. The van der Waals surface area contributed by atoms with Crippen LogP contribution in [0.3, 0.4) is 0 Å². The van der Waals surface area contributed by atoms with Gasteiger partial charge in [0, 0.05) is 11.1 Å². The van der Waals surface area contributed by atoms with Crippen molar-refractivity contribution in [1.82, 2.24) is 0 Å². The third kappa shape index (κ3) is 6.39. The molecule has 4 aromatic carbocycles. The maximum Gasteiger partial charge on any atom is 0.131 e. The number of hydrogen-bond acceptors (Lipinski definition) is 2. The first kappa shape index (κ1) is 25.2. The predicted molar refractivity (Wildman–Crippen MR) is 147 cm³/mol. The van der Waals surface area contributed by atoms with Gasteiger partial charge in [-0.05, 0) is 58.4 Å². The van der Waals surface area contributed by atoms with Gasteiger partial charge in [0.15, 0.2) is 0 Å². The van der Waals surface area contributed by atoms with Gasteiger partial charge in [0.1, 0.15) is 11.6 Å². The molecule has 4 heteroatoms. The minimum Gasteiger partial charge on any atom is -0.206 e. The van der Waals surface area contributed by atoms with Crippen LogP contribution in [-0.4, -0.2) is 12.4 Å². The SMILES string of the molecule is CCCc1ccc(-c2ccc(C=NN=Cc3ccc(-c4ccc(CCC)cc4F)cc3)cc2)c(F)c1. The molecule has 0 spiro atoms. The Labute approximate surface area is 212 Å². The van der Waals surface area contributed by atoms with Gasteiger partial charge in [-0.2, -0.15) is 10.2 Å². The van der Waals surface area contributed by atoms with Gasteiger partial charge in [0.05, 0.1) is 12.4 Å². The highest BCUT2D eigenvalue weighted by atomic mass is 19.1. The highest BCUT2D eigenvalue weighted by Gasteiger charge is 2.07. The lowest BCUT2D eigenvalue weighted by molar-refractivity contribution is 0.628. The first-order valence-corrected chi connectivity index (χ1v) is 12.4. The van der Waals surface area contributed by atoms with E-state index in [0.717, 1.165) is 59.1 Å². The summed E-state index contributed by atoms with van der Waals surface area (Å²) < 4.78 is 29.0. The number of hydrogen-bond donors (Lipinski definition) is 0. The number of aryl methyl sites for hydroxylation is 2. The predicted octanol–water partition coefficient (Wildman–Crippen LogP) is 8.66. The molecule has 0 unspecified atom stereocenters. The summed E-state index contributed by atoms with van der Waals surface area (Å²) >= 11 is 0. The molecular formula is C32H30F2N2. The van der Waals surface area contributed by atoms with Gasteiger partial charge in [-0.15, -0.1) is 0 Å². The Bertz CT molecular complexity index is 1250. The summed E-state index contributed by atoms with van der Waals surface area (Å²) in [5.74, 6) is -0.400. The summed E-state index contributed by atoms with van der Waals surface area (Å²) in [5.41, 5.74) is 6.62. The van der Waals surface area contributed by atoms with E-state index in [4.69, 9.17) is 0 Å². The second kappa shape index (κ2) is 12.2. The van der Waals surface area contributed by atoms with E-state index in [9.17, 15) is 8.78 Å². The molecule has 0 fully saturated rings. The first-order valence-electron chi connectivity index (χ1n) is 12.4. The zero-order chi connectivity index (χ0) is 25.3. The van der Waals surface area contributed by atoms with E-state index in [1.54, 1.807) is 24.6 Å². The molecule has 0 bridgehead atoms. The van der Waals surface area contributed by atoms with Crippen LogP contribution >= 0.6 is 0 Å². The van der Waals surface area contributed by atoms with Crippen molar-refractivity contribution in [2.24, 2.45) is 10.2 Å². The Morgan fingerprint density at radius 2 is 0.944 bits per heavy atom. The molecule has 0 N–H and O–H groups in total. The monoisotopic (exact) mass is 480 g/mol. The van der Waals surface area contributed by atoms with E-state index in [0.29, 0.717) is 11.1 Å². The van der Waals surface area contributed by atoms with Gasteiger partial charge in [0.25, 0.3) is 0 Å². The van der Waals surface area contributed by atoms with Crippen molar-refractivity contribution < 1.29 is 8.78 Å². The van der Waals surface area contributed by atoms with E-state index in [2.05, 4.69) is 24.1 Å². The molecule has 0 amide bonds. The third-order valence-electron chi connectivity index (χ3n) is 6.07. The maximum atomic E-state index is 14.5. The van der Waals surface area contributed by atoms with Gasteiger partial charge in [-0.3, -0.25) is 0 Å². The van der Waals surface area contributed by atoms with Crippen molar-refractivity contribution in [3.63, 3.8) is 0 Å². The van der Waals surface area contributed by atoms with E-state index < -0.39 is 0 Å². The summed E-state index contributed by atoms with van der Waals surface area (Å²) in [7, 11) is 0. The average Bonchev–Trinajstić information content (AvgIpc) is 2.88. The van der Waals surface area contributed by atoms with Gasteiger partial charge < -0.3 is 0 Å². The Morgan fingerprint density at radius 3 is 1.28 bits per heavy atom. The van der Waals surface area contributed by atoms with E-state index in [1.165, 1.54) is 0 Å². The Morgan fingerprint density at radius 1 is 0.556 bits per heavy atom. The number of benzene rings is 4. The summed E-state index contributed by atoms with van der Waals surface area (Å²) in [6.07, 6.45) is 7.05. The molecule has 182 valence electrons. The normalized spacial score (nSPS) is 11.6. The molecular weight excluding hydrogens is 450 g/mol. The topological polar surface area (TPSA) is 24.7 Å². The Balaban J connectivity index is 1.38. The van der Waals surface area contributed by atoms with Crippen LogP contribution in [0.4, 0.5) is 8.78 Å². The fraction of sp³-hybridized carbons (Fsp3) is 0.188. The van der Waals surface area contributed by atoms with Crippen LogP contribution in [0.1, 0.15) is 48.9 Å². The highest BCUT2D eigenvalue weighted by Crippen LogP contribution is 2.25. The minimum absolute atomic E-state index is 0.200. The first-order chi connectivity index (χ1) is 17.6. The van der Waals surface area contributed by atoms with Crippen molar-refractivity contribution in [2.45, 2.75) is 39.5 Å². The van der Waals surface area contributed by atoms with Gasteiger partial charge >= 0.3 is 0 Å². The number of halogens is 2. The van der Waals surface area contributed by atoms with Crippen molar-refractivity contribution >= 4 is 12.4 Å². The Hall–Kier alpha value is -3.92. The molecule has 36 heavy (non-hydrogen) atoms. The highest BCUT2D eigenvalue weighted by molar-refractivity contribution is 5.84. The lowest BCUT2D eigenvalue weighted by atomic mass is 10.0. The molecule has 0 heterocycles. The molecule has 0 aliphatic carbocycles. The fourth-order valence-electron chi connectivity index (χ4n) is 4.17. The summed E-state index contributed by atoms with van der Waals surface area (Å²) in [4.78, 5) is 0. The standard InChI is InChI=1S/C32H30F2N2/c1-3-5-23-11-17-29(31(33)19-23)27-13-7-25(8-14-27)21-35-36-22-26-9-15-28(16-10-26)30-18-12-24(6-4-2)20-32(30)34/h7-22H,3-6H2,1-2H3. The maximum absolute atomic E-state index is 14.5. The fourth-order valence-corrected chi connectivity index (χ4v) is 4.17. The van der Waals surface area contributed by atoms with Crippen LogP contribution in [0.15, 0.2) is 95.1 Å². The molecule has 0 saturated carbocycles. The van der Waals surface area contributed by atoms with Crippen molar-refractivity contribution in [1.29, 1.82) is 0 Å². The van der Waals surface area contributed by atoms with Crippen LogP contribution in [0.2, 0.25) is 0 Å². The van der Waals surface area contributed by atoms with Crippen molar-refractivity contribution in [3.8, 4) is 22.3 Å². The van der Waals surface area contributed by atoms with Crippen LogP contribution in [0, 0.1) is 11.6 Å². The second-order valence-electron chi connectivity index (χ2n) is 8.86. The molecule has 0 aliphatic heterocycles. The molecule has 4 rings (SSSR count). The van der Waals surface area contributed by atoms with Crippen LogP contribution in [0.5, 0.6) is 0 Å². The van der Waals surface area contributed by atoms with Crippen LogP contribution in [0.25, 0.3) is 22.3 Å². The largest absolute Gasteiger partial charge is 0.206 e. The lowest BCUT2D eigenvalue weighted by Gasteiger charge is -2.06. The average molecular weight is 481 g/mol. The van der Waals surface area contributed by atoms with Gasteiger partial charge in [-0.1, -0.05) is 99.5 Å². The number of rotatable bonds is 9. The quantitative estimate of drug-likeness (QED) is 0.169. The molecule has 0 saturated heterocycles. The van der Waals surface area contributed by atoms with E-state index >= 15 is 0 Å². The molecule has 0 aliphatic rings. The summed E-state index contributed by atoms with van der Waals surface area (Å²) in [6.45, 7) is 4.17. The van der Waals surface area contributed by atoms with Crippen molar-refractivity contribution in [2.75, 3.05) is 0 Å². The molecule has 0 atom stereocenters. The van der Waals surface area contributed by atoms with E-state index in [-0.39, 0.29) is 11.6 Å². The lowest BCUT2D eigenvalue weighted by Crippen LogP contribution is -1.90. The van der Waals surface area contributed by atoms with E-state index in [1.807, 2.05) is 72.8 Å².